The van der Waals surface area contributed by atoms with Gasteiger partial charge in [-0.05, 0) is 47.7 Å². The number of fused-ring (bicyclic) bond motifs is 1. The summed E-state index contributed by atoms with van der Waals surface area (Å²) in [4.78, 5) is 12.7. The SMILES string of the molecule is CC(NC(=O)CN(c1ccc(C(C)(C)C)cc1)S(C)(=O)=O)c1ccc2c(c1)OCCO2. The van der Waals surface area contributed by atoms with Gasteiger partial charge in [0, 0.05) is 0 Å². The highest BCUT2D eigenvalue weighted by atomic mass is 32.2. The number of amides is 1. The van der Waals surface area contributed by atoms with Gasteiger partial charge in [-0.25, -0.2) is 8.42 Å². The zero-order chi connectivity index (χ0) is 22.8. The van der Waals surface area contributed by atoms with Crippen LogP contribution in [0.5, 0.6) is 11.5 Å². The summed E-state index contributed by atoms with van der Waals surface area (Å²) >= 11 is 0. The molecule has 1 heterocycles. The number of nitrogens with one attached hydrogen (secondary N) is 1. The Morgan fingerprint density at radius 2 is 1.68 bits per heavy atom. The van der Waals surface area contributed by atoms with E-state index in [1.54, 1.807) is 12.1 Å². The Morgan fingerprint density at radius 3 is 2.26 bits per heavy atom. The fourth-order valence-corrected chi connectivity index (χ4v) is 4.21. The molecule has 1 amide bonds. The molecule has 0 saturated heterocycles. The maximum Gasteiger partial charge on any atom is 0.241 e. The smallest absolute Gasteiger partial charge is 0.241 e. The first-order chi connectivity index (χ1) is 14.4. The third kappa shape index (κ3) is 5.70. The van der Waals surface area contributed by atoms with E-state index in [9.17, 15) is 13.2 Å². The summed E-state index contributed by atoms with van der Waals surface area (Å²) in [5.74, 6) is 0.921. The average molecular weight is 447 g/mol. The van der Waals surface area contributed by atoms with Gasteiger partial charge in [0.05, 0.1) is 18.0 Å². The van der Waals surface area contributed by atoms with Gasteiger partial charge in [-0.2, -0.15) is 0 Å². The van der Waals surface area contributed by atoms with E-state index >= 15 is 0 Å². The minimum absolute atomic E-state index is 0.0507. The molecule has 1 aliphatic rings. The maximum atomic E-state index is 12.7. The number of sulfonamides is 1. The van der Waals surface area contributed by atoms with Crippen molar-refractivity contribution in [1.82, 2.24) is 5.32 Å². The van der Waals surface area contributed by atoms with Crippen LogP contribution >= 0.6 is 0 Å². The number of anilines is 1. The van der Waals surface area contributed by atoms with E-state index in [1.165, 1.54) is 0 Å². The molecule has 0 saturated carbocycles. The van der Waals surface area contributed by atoms with Crippen LogP contribution in [0.2, 0.25) is 0 Å². The van der Waals surface area contributed by atoms with Crippen molar-refractivity contribution >= 4 is 21.6 Å². The van der Waals surface area contributed by atoms with Crippen LogP contribution in [0.25, 0.3) is 0 Å². The second-order valence-corrected chi connectivity index (χ2v) is 10.7. The van der Waals surface area contributed by atoms with Gasteiger partial charge < -0.3 is 14.8 Å². The highest BCUT2D eigenvalue weighted by molar-refractivity contribution is 7.92. The summed E-state index contributed by atoms with van der Waals surface area (Å²) < 4.78 is 37.0. The zero-order valence-corrected chi connectivity index (χ0v) is 19.5. The lowest BCUT2D eigenvalue weighted by molar-refractivity contribution is -0.120. The number of rotatable bonds is 6. The Hall–Kier alpha value is -2.74. The van der Waals surface area contributed by atoms with Crippen LogP contribution in [-0.4, -0.2) is 40.3 Å². The fourth-order valence-electron chi connectivity index (χ4n) is 3.36. The molecule has 8 heteroatoms. The quantitative estimate of drug-likeness (QED) is 0.735. The zero-order valence-electron chi connectivity index (χ0n) is 18.6. The summed E-state index contributed by atoms with van der Waals surface area (Å²) in [5.41, 5.74) is 2.34. The molecular weight excluding hydrogens is 416 g/mol. The second-order valence-electron chi connectivity index (χ2n) is 8.76. The molecule has 168 valence electrons. The van der Waals surface area contributed by atoms with Crippen molar-refractivity contribution in [3.63, 3.8) is 0 Å². The molecule has 1 aliphatic heterocycles. The van der Waals surface area contributed by atoms with Crippen LogP contribution in [0.1, 0.15) is 44.9 Å². The van der Waals surface area contributed by atoms with Crippen LogP contribution in [0.4, 0.5) is 5.69 Å². The van der Waals surface area contributed by atoms with Crippen molar-refractivity contribution in [2.45, 2.75) is 39.2 Å². The van der Waals surface area contributed by atoms with Crippen molar-refractivity contribution in [3.8, 4) is 11.5 Å². The first-order valence-corrected chi connectivity index (χ1v) is 12.1. The van der Waals surface area contributed by atoms with Gasteiger partial charge in [-0.1, -0.05) is 39.0 Å². The Balaban J connectivity index is 1.72. The molecule has 0 spiro atoms. The van der Waals surface area contributed by atoms with Crippen LogP contribution in [-0.2, 0) is 20.2 Å². The van der Waals surface area contributed by atoms with E-state index in [1.807, 2.05) is 37.3 Å². The Labute approximate surface area is 184 Å². The molecule has 2 aromatic rings. The van der Waals surface area contributed by atoms with Crippen molar-refractivity contribution in [2.75, 3.05) is 30.3 Å². The van der Waals surface area contributed by atoms with E-state index < -0.39 is 15.9 Å². The lowest BCUT2D eigenvalue weighted by Gasteiger charge is -2.25. The molecule has 0 aliphatic carbocycles. The lowest BCUT2D eigenvalue weighted by atomic mass is 9.87. The number of nitrogens with zero attached hydrogens (tertiary/aromatic N) is 1. The van der Waals surface area contributed by atoms with Gasteiger partial charge in [-0.15, -0.1) is 0 Å². The van der Waals surface area contributed by atoms with E-state index in [4.69, 9.17) is 9.47 Å². The minimum Gasteiger partial charge on any atom is -0.486 e. The highest BCUT2D eigenvalue weighted by Crippen LogP contribution is 2.32. The lowest BCUT2D eigenvalue weighted by Crippen LogP contribution is -2.41. The molecule has 31 heavy (non-hydrogen) atoms. The largest absolute Gasteiger partial charge is 0.486 e. The maximum absolute atomic E-state index is 12.7. The first kappa shape index (κ1) is 22.9. The number of ether oxygens (including phenoxy) is 2. The van der Waals surface area contributed by atoms with Crippen LogP contribution in [0.15, 0.2) is 42.5 Å². The van der Waals surface area contributed by atoms with Crippen molar-refractivity contribution in [1.29, 1.82) is 0 Å². The normalized spacial score (nSPS) is 14.6. The highest BCUT2D eigenvalue weighted by Gasteiger charge is 2.23. The number of carbonyl (C=O) groups excluding carboxylic acids is 1. The van der Waals surface area contributed by atoms with E-state index in [2.05, 4.69) is 26.1 Å². The standard InChI is InChI=1S/C23H30N2O5S/c1-16(17-6-11-20-21(14-17)30-13-12-29-20)24-22(26)15-25(31(5,27)28)19-9-7-18(8-10-19)23(2,3)4/h6-11,14,16H,12-13,15H2,1-5H3,(H,24,26). The topological polar surface area (TPSA) is 84.9 Å². The number of carbonyl (C=O) groups is 1. The summed E-state index contributed by atoms with van der Waals surface area (Å²) in [6, 6.07) is 12.4. The molecule has 0 fully saturated rings. The molecule has 0 aromatic heterocycles. The summed E-state index contributed by atoms with van der Waals surface area (Å²) in [6.45, 7) is 8.79. The molecule has 0 bridgehead atoms. The van der Waals surface area contributed by atoms with Gasteiger partial charge in [-0.3, -0.25) is 9.10 Å². The molecule has 7 nitrogen and oxygen atoms in total. The van der Waals surface area contributed by atoms with Crippen LogP contribution in [0.3, 0.4) is 0 Å². The van der Waals surface area contributed by atoms with Gasteiger partial charge in [0.1, 0.15) is 19.8 Å². The van der Waals surface area contributed by atoms with Crippen molar-refractivity contribution < 1.29 is 22.7 Å². The number of hydrogen-bond donors (Lipinski definition) is 1. The van der Waals surface area contributed by atoms with E-state index in [-0.39, 0.29) is 18.0 Å². The average Bonchev–Trinajstić information content (AvgIpc) is 2.70. The van der Waals surface area contributed by atoms with Gasteiger partial charge in [0.2, 0.25) is 15.9 Å². The number of benzene rings is 2. The third-order valence-corrected chi connectivity index (χ3v) is 6.29. The fraction of sp³-hybridized carbons (Fsp3) is 0.435. The van der Waals surface area contributed by atoms with Crippen LogP contribution in [0, 0.1) is 0 Å². The van der Waals surface area contributed by atoms with E-state index in [0.717, 1.165) is 21.7 Å². The molecule has 1 N–H and O–H groups in total. The van der Waals surface area contributed by atoms with Gasteiger partial charge in [0.25, 0.3) is 0 Å². The first-order valence-electron chi connectivity index (χ1n) is 10.2. The second kappa shape index (κ2) is 8.78. The Morgan fingerprint density at radius 1 is 1.06 bits per heavy atom. The minimum atomic E-state index is -3.64. The predicted molar refractivity (Wildman–Crippen MR) is 121 cm³/mol. The molecule has 1 atom stereocenters. The van der Waals surface area contributed by atoms with Gasteiger partial charge in [0.15, 0.2) is 11.5 Å². The molecule has 3 rings (SSSR count). The summed E-state index contributed by atoms with van der Waals surface area (Å²) in [6.07, 6.45) is 1.10. The summed E-state index contributed by atoms with van der Waals surface area (Å²) in [5, 5.41) is 2.87. The third-order valence-electron chi connectivity index (χ3n) is 5.15. The summed E-state index contributed by atoms with van der Waals surface area (Å²) in [7, 11) is -3.64. The van der Waals surface area contributed by atoms with Gasteiger partial charge >= 0.3 is 0 Å². The molecule has 2 aromatic carbocycles. The van der Waals surface area contributed by atoms with E-state index in [0.29, 0.717) is 30.4 Å². The molecule has 1 unspecified atom stereocenters. The van der Waals surface area contributed by atoms with Crippen molar-refractivity contribution in [3.05, 3.63) is 53.6 Å². The molecule has 0 radical (unpaired) electrons. The Bertz CT molecular complexity index is 1040. The predicted octanol–water partition coefficient (Wildman–Crippen LogP) is 3.40. The monoisotopic (exact) mass is 446 g/mol. The Kier molecular flexibility index (Phi) is 6.50. The van der Waals surface area contributed by atoms with Crippen LogP contribution < -0.4 is 19.1 Å². The molecular formula is C23H30N2O5S. The number of hydrogen-bond acceptors (Lipinski definition) is 5. The van der Waals surface area contributed by atoms with Crippen molar-refractivity contribution in [2.24, 2.45) is 0 Å².